The van der Waals surface area contributed by atoms with Crippen LogP contribution in [0.1, 0.15) is 32.6 Å². The van der Waals surface area contributed by atoms with E-state index in [4.69, 9.17) is 9.47 Å². The van der Waals surface area contributed by atoms with Gasteiger partial charge in [0.25, 0.3) is 0 Å². The van der Waals surface area contributed by atoms with Gasteiger partial charge in [-0.25, -0.2) is 8.42 Å². The van der Waals surface area contributed by atoms with E-state index in [-0.39, 0.29) is 24.3 Å². The summed E-state index contributed by atoms with van der Waals surface area (Å²) in [4.78, 5) is 15.3. The summed E-state index contributed by atoms with van der Waals surface area (Å²) in [5.74, 6) is 1.30. The zero-order chi connectivity index (χ0) is 21.9. The number of carbonyl (C=O) groups is 1. The standard InChI is InChI=1S/C24H29NO5S/c1-2-29-23(26)24(14-16-25(17-15-24)18-19-8-9-19)31(27,28)22-12-10-21(11-13-22)30-20-6-4-3-5-7-20/h3-7,10-13,19H,2,8-9,14-18H2,1H3. The average Bonchev–Trinajstić information content (AvgIpc) is 3.59. The second-order valence-corrected chi connectivity index (χ2v) is 10.6. The minimum absolute atomic E-state index is 0.122. The molecule has 0 amide bonds. The Balaban J connectivity index is 1.56. The molecule has 31 heavy (non-hydrogen) atoms. The first-order chi connectivity index (χ1) is 14.9. The Kier molecular flexibility index (Phi) is 6.34. The predicted octanol–water partition coefficient (Wildman–Crippen LogP) is 4.06. The van der Waals surface area contributed by atoms with E-state index in [1.165, 1.54) is 25.0 Å². The highest BCUT2D eigenvalue weighted by molar-refractivity contribution is 7.93. The summed E-state index contributed by atoms with van der Waals surface area (Å²) in [6.45, 7) is 4.03. The largest absolute Gasteiger partial charge is 0.465 e. The second kappa shape index (κ2) is 9.01. The molecule has 0 bridgehead atoms. The number of likely N-dealkylation sites (tertiary alicyclic amines) is 1. The molecule has 2 aromatic rings. The van der Waals surface area contributed by atoms with Gasteiger partial charge in [0.05, 0.1) is 11.5 Å². The Morgan fingerprint density at radius 2 is 1.61 bits per heavy atom. The molecule has 2 aromatic carbocycles. The van der Waals surface area contributed by atoms with E-state index < -0.39 is 20.6 Å². The van der Waals surface area contributed by atoms with Crippen LogP contribution in [0.4, 0.5) is 0 Å². The number of hydrogen-bond donors (Lipinski definition) is 0. The fourth-order valence-corrected chi connectivity index (χ4v) is 6.09. The van der Waals surface area contributed by atoms with Crippen molar-refractivity contribution in [3.63, 3.8) is 0 Å². The molecule has 4 rings (SSSR count). The molecule has 1 aliphatic heterocycles. The van der Waals surface area contributed by atoms with Gasteiger partial charge in [-0.1, -0.05) is 18.2 Å². The van der Waals surface area contributed by atoms with Crippen LogP contribution in [0.2, 0.25) is 0 Å². The van der Waals surface area contributed by atoms with Crippen molar-refractivity contribution in [1.82, 2.24) is 4.90 Å². The minimum atomic E-state index is -3.93. The summed E-state index contributed by atoms with van der Waals surface area (Å²) < 4.78 is 36.8. The van der Waals surface area contributed by atoms with Gasteiger partial charge in [-0.2, -0.15) is 0 Å². The van der Waals surface area contributed by atoms with Gasteiger partial charge in [0.1, 0.15) is 11.5 Å². The van der Waals surface area contributed by atoms with Crippen molar-refractivity contribution in [3.05, 3.63) is 54.6 Å². The van der Waals surface area contributed by atoms with Gasteiger partial charge in [0.15, 0.2) is 14.6 Å². The smallest absolute Gasteiger partial charge is 0.327 e. The number of ether oxygens (including phenoxy) is 2. The van der Waals surface area contributed by atoms with Gasteiger partial charge < -0.3 is 14.4 Å². The summed E-state index contributed by atoms with van der Waals surface area (Å²) in [7, 11) is -3.93. The van der Waals surface area contributed by atoms with Crippen molar-refractivity contribution in [1.29, 1.82) is 0 Å². The molecule has 0 spiro atoms. The number of rotatable bonds is 8. The normalized spacial score (nSPS) is 19.0. The van der Waals surface area contributed by atoms with Crippen LogP contribution in [-0.2, 0) is 19.4 Å². The number of nitrogens with zero attached hydrogens (tertiary/aromatic N) is 1. The van der Waals surface area contributed by atoms with E-state index in [2.05, 4.69) is 4.90 Å². The Hall–Kier alpha value is -2.38. The third kappa shape index (κ3) is 4.62. The summed E-state index contributed by atoms with van der Waals surface area (Å²) in [6.07, 6.45) is 3.00. The zero-order valence-corrected chi connectivity index (χ0v) is 18.6. The lowest BCUT2D eigenvalue weighted by atomic mass is 9.95. The highest BCUT2D eigenvalue weighted by Crippen LogP contribution is 2.39. The van der Waals surface area contributed by atoms with E-state index in [9.17, 15) is 13.2 Å². The Bertz CT molecular complexity index is 992. The van der Waals surface area contributed by atoms with Gasteiger partial charge in [-0.3, -0.25) is 4.79 Å². The van der Waals surface area contributed by atoms with Crippen LogP contribution in [0.5, 0.6) is 11.5 Å². The third-order valence-corrected chi connectivity index (χ3v) is 8.65. The van der Waals surface area contributed by atoms with Crippen molar-refractivity contribution in [2.24, 2.45) is 5.92 Å². The summed E-state index contributed by atoms with van der Waals surface area (Å²) in [5, 5.41) is 0. The number of hydrogen-bond acceptors (Lipinski definition) is 6. The van der Waals surface area contributed by atoms with E-state index >= 15 is 0 Å². The fourth-order valence-electron chi connectivity index (χ4n) is 4.14. The molecule has 0 aromatic heterocycles. The molecule has 2 aliphatic rings. The van der Waals surface area contributed by atoms with Gasteiger partial charge in [0.2, 0.25) is 0 Å². The molecule has 0 radical (unpaired) electrons. The molecule has 1 saturated heterocycles. The van der Waals surface area contributed by atoms with Crippen LogP contribution in [0, 0.1) is 5.92 Å². The van der Waals surface area contributed by atoms with E-state index in [0.717, 1.165) is 12.5 Å². The van der Waals surface area contributed by atoms with Crippen LogP contribution in [0.15, 0.2) is 59.5 Å². The van der Waals surface area contributed by atoms with Gasteiger partial charge in [0, 0.05) is 19.6 Å². The van der Waals surface area contributed by atoms with Crippen molar-refractivity contribution in [2.75, 3.05) is 26.2 Å². The molecule has 1 saturated carbocycles. The first-order valence-corrected chi connectivity index (χ1v) is 12.4. The second-order valence-electron chi connectivity index (χ2n) is 8.35. The monoisotopic (exact) mass is 443 g/mol. The summed E-state index contributed by atoms with van der Waals surface area (Å²) >= 11 is 0. The number of carbonyl (C=O) groups excluding carboxylic acids is 1. The molecule has 166 valence electrons. The van der Waals surface area contributed by atoms with Crippen LogP contribution in [-0.4, -0.2) is 50.3 Å². The number of para-hydroxylation sites is 1. The maximum Gasteiger partial charge on any atom is 0.327 e. The van der Waals surface area contributed by atoms with E-state index in [0.29, 0.717) is 24.6 Å². The lowest BCUT2D eigenvalue weighted by molar-refractivity contribution is -0.147. The Morgan fingerprint density at radius 3 is 2.19 bits per heavy atom. The number of esters is 1. The molecule has 1 heterocycles. The summed E-state index contributed by atoms with van der Waals surface area (Å²) in [5.41, 5.74) is 0. The molecule has 0 atom stereocenters. The highest BCUT2D eigenvalue weighted by Gasteiger charge is 2.54. The molecule has 0 unspecified atom stereocenters. The highest BCUT2D eigenvalue weighted by atomic mass is 32.2. The molecule has 0 N–H and O–H groups in total. The zero-order valence-electron chi connectivity index (χ0n) is 17.8. The lowest BCUT2D eigenvalue weighted by Crippen LogP contribution is -2.55. The minimum Gasteiger partial charge on any atom is -0.465 e. The van der Waals surface area contributed by atoms with Crippen LogP contribution in [0.3, 0.4) is 0 Å². The SMILES string of the molecule is CCOC(=O)C1(S(=O)(=O)c2ccc(Oc3ccccc3)cc2)CCN(CC2CC2)CC1. The fraction of sp³-hybridized carbons (Fsp3) is 0.458. The maximum atomic E-state index is 13.7. The maximum absolute atomic E-state index is 13.7. The van der Waals surface area contributed by atoms with Gasteiger partial charge in [-0.05, 0) is 74.9 Å². The lowest BCUT2D eigenvalue weighted by Gasteiger charge is -2.39. The van der Waals surface area contributed by atoms with Gasteiger partial charge in [-0.15, -0.1) is 0 Å². The van der Waals surface area contributed by atoms with Crippen LogP contribution < -0.4 is 4.74 Å². The first kappa shape index (κ1) is 21.8. The summed E-state index contributed by atoms with van der Waals surface area (Å²) in [6, 6.07) is 15.6. The quantitative estimate of drug-likeness (QED) is 0.573. The molecule has 1 aliphatic carbocycles. The van der Waals surface area contributed by atoms with E-state index in [1.54, 1.807) is 19.1 Å². The van der Waals surface area contributed by atoms with Crippen LogP contribution in [0.25, 0.3) is 0 Å². The van der Waals surface area contributed by atoms with Crippen molar-refractivity contribution in [2.45, 2.75) is 42.2 Å². The van der Waals surface area contributed by atoms with Crippen LogP contribution >= 0.6 is 0 Å². The molecular weight excluding hydrogens is 414 g/mol. The van der Waals surface area contributed by atoms with Gasteiger partial charge >= 0.3 is 5.97 Å². The van der Waals surface area contributed by atoms with Crippen molar-refractivity contribution in [3.8, 4) is 11.5 Å². The Morgan fingerprint density at radius 1 is 1.00 bits per heavy atom. The molecule has 7 heteroatoms. The van der Waals surface area contributed by atoms with Crippen molar-refractivity contribution < 1.29 is 22.7 Å². The molecule has 6 nitrogen and oxygen atoms in total. The number of piperidine rings is 1. The average molecular weight is 444 g/mol. The van der Waals surface area contributed by atoms with E-state index in [1.807, 2.05) is 30.3 Å². The predicted molar refractivity (Wildman–Crippen MR) is 118 cm³/mol. The molecular formula is C24H29NO5S. The van der Waals surface area contributed by atoms with Crippen molar-refractivity contribution >= 4 is 15.8 Å². The number of benzene rings is 2. The third-order valence-electron chi connectivity index (χ3n) is 6.15. The Labute approximate surface area is 184 Å². The first-order valence-electron chi connectivity index (χ1n) is 10.9. The topological polar surface area (TPSA) is 72.9 Å². The number of sulfone groups is 1. The molecule has 2 fully saturated rings.